The van der Waals surface area contributed by atoms with E-state index in [-0.39, 0.29) is 5.25 Å². The second-order valence-electron chi connectivity index (χ2n) is 7.09. The van der Waals surface area contributed by atoms with Crippen LogP contribution in [0.3, 0.4) is 0 Å². The van der Waals surface area contributed by atoms with Crippen LogP contribution in [0.25, 0.3) is 0 Å². The molecule has 0 amide bonds. The van der Waals surface area contributed by atoms with E-state index in [0.29, 0.717) is 5.92 Å². The molecule has 0 aliphatic carbocycles. The number of sulfone groups is 1. The van der Waals surface area contributed by atoms with Crippen LogP contribution in [0.15, 0.2) is 24.3 Å². The zero-order chi connectivity index (χ0) is 16.3. The van der Waals surface area contributed by atoms with Gasteiger partial charge >= 0.3 is 0 Å². The Morgan fingerprint density at radius 2 is 1.83 bits per heavy atom. The van der Waals surface area contributed by atoms with Crippen molar-refractivity contribution < 1.29 is 8.42 Å². The Morgan fingerprint density at radius 1 is 1.13 bits per heavy atom. The van der Waals surface area contributed by atoms with E-state index >= 15 is 0 Å². The molecule has 3 rings (SSSR count). The highest BCUT2D eigenvalue weighted by Gasteiger charge is 2.26. The van der Waals surface area contributed by atoms with Crippen molar-refractivity contribution in [1.82, 2.24) is 10.2 Å². The van der Waals surface area contributed by atoms with Crippen LogP contribution in [0.4, 0.5) is 0 Å². The van der Waals surface area contributed by atoms with Crippen LogP contribution in [0, 0.1) is 0 Å². The van der Waals surface area contributed by atoms with Crippen molar-refractivity contribution in [3.05, 3.63) is 35.4 Å². The Bertz CT molecular complexity index is 598. The van der Waals surface area contributed by atoms with Gasteiger partial charge in [-0.15, -0.1) is 0 Å². The normalized spacial score (nSPS) is 24.7. The number of benzene rings is 1. The smallest absolute Gasteiger partial charge is 0.150 e. The second kappa shape index (κ2) is 7.32. The predicted octanol–water partition coefficient (Wildman–Crippen LogP) is 2.16. The lowest BCUT2D eigenvalue weighted by Gasteiger charge is -2.31. The molecular formula is C18H28N2O2S. The third kappa shape index (κ3) is 4.55. The Hall–Kier alpha value is -0.910. The number of likely N-dealkylation sites (tertiary alicyclic amines) is 1. The SMILES string of the molecule is CS(=O)(=O)C1CCN(Cc2ccc(C3CCCNC3)cc2)CC1. The molecule has 2 fully saturated rings. The van der Waals surface area contributed by atoms with E-state index < -0.39 is 9.84 Å². The van der Waals surface area contributed by atoms with E-state index in [1.807, 2.05) is 0 Å². The Balaban J connectivity index is 1.53. The summed E-state index contributed by atoms with van der Waals surface area (Å²) in [7, 11) is -2.87. The number of rotatable bonds is 4. The van der Waals surface area contributed by atoms with Crippen molar-refractivity contribution in [1.29, 1.82) is 0 Å². The fourth-order valence-electron chi connectivity index (χ4n) is 3.79. The molecule has 1 aromatic carbocycles. The summed E-state index contributed by atoms with van der Waals surface area (Å²) in [5.74, 6) is 0.656. The third-order valence-electron chi connectivity index (χ3n) is 5.29. The van der Waals surface area contributed by atoms with Gasteiger partial charge in [-0.1, -0.05) is 24.3 Å². The number of nitrogens with zero attached hydrogens (tertiary/aromatic N) is 1. The van der Waals surface area contributed by atoms with Gasteiger partial charge in [-0.05, 0) is 62.4 Å². The minimum absolute atomic E-state index is 0.139. The number of hydrogen-bond donors (Lipinski definition) is 1. The maximum absolute atomic E-state index is 11.6. The van der Waals surface area contributed by atoms with Crippen LogP contribution >= 0.6 is 0 Å². The average molecular weight is 337 g/mol. The molecule has 1 aromatic rings. The first-order chi connectivity index (χ1) is 11.0. The highest BCUT2D eigenvalue weighted by Crippen LogP contribution is 2.24. The predicted molar refractivity (Wildman–Crippen MR) is 94.4 cm³/mol. The highest BCUT2D eigenvalue weighted by atomic mass is 32.2. The maximum atomic E-state index is 11.6. The molecule has 4 nitrogen and oxygen atoms in total. The molecule has 1 N–H and O–H groups in total. The van der Waals surface area contributed by atoms with Gasteiger partial charge in [-0.3, -0.25) is 4.90 Å². The molecule has 0 saturated carbocycles. The van der Waals surface area contributed by atoms with Gasteiger partial charge in [-0.2, -0.15) is 0 Å². The van der Waals surface area contributed by atoms with Crippen molar-refractivity contribution in [3.63, 3.8) is 0 Å². The molecule has 2 saturated heterocycles. The first kappa shape index (κ1) is 16.9. The van der Waals surface area contributed by atoms with E-state index in [4.69, 9.17) is 0 Å². The first-order valence-electron chi connectivity index (χ1n) is 8.73. The average Bonchev–Trinajstić information content (AvgIpc) is 2.56. The fourth-order valence-corrected chi connectivity index (χ4v) is 4.85. The Kier molecular flexibility index (Phi) is 5.39. The fraction of sp³-hybridized carbons (Fsp3) is 0.667. The van der Waals surface area contributed by atoms with Crippen LogP contribution in [-0.2, 0) is 16.4 Å². The molecule has 0 spiro atoms. The lowest BCUT2D eigenvalue weighted by atomic mass is 9.91. The summed E-state index contributed by atoms with van der Waals surface area (Å²) in [4.78, 5) is 2.37. The molecular weight excluding hydrogens is 308 g/mol. The van der Waals surface area contributed by atoms with Gasteiger partial charge < -0.3 is 5.32 Å². The standard InChI is InChI=1S/C18H28N2O2S/c1-23(21,22)18-8-11-20(12-9-18)14-15-4-6-16(7-5-15)17-3-2-10-19-13-17/h4-7,17-19H,2-3,8-14H2,1H3. The second-order valence-corrected chi connectivity index (χ2v) is 9.42. The van der Waals surface area contributed by atoms with Crippen molar-refractivity contribution in [3.8, 4) is 0 Å². The topological polar surface area (TPSA) is 49.4 Å². The minimum Gasteiger partial charge on any atom is -0.316 e. The molecule has 2 aliphatic heterocycles. The number of hydrogen-bond acceptors (Lipinski definition) is 4. The van der Waals surface area contributed by atoms with Crippen molar-refractivity contribution >= 4 is 9.84 Å². The van der Waals surface area contributed by atoms with Crippen LogP contribution in [0.1, 0.15) is 42.7 Å². The quantitative estimate of drug-likeness (QED) is 0.915. The highest BCUT2D eigenvalue weighted by molar-refractivity contribution is 7.91. The molecule has 0 radical (unpaired) electrons. The monoisotopic (exact) mass is 336 g/mol. The zero-order valence-corrected chi connectivity index (χ0v) is 14.8. The van der Waals surface area contributed by atoms with Gasteiger partial charge in [0.2, 0.25) is 0 Å². The van der Waals surface area contributed by atoms with Crippen LogP contribution in [-0.4, -0.2) is 51.0 Å². The van der Waals surface area contributed by atoms with E-state index in [0.717, 1.165) is 45.6 Å². The van der Waals surface area contributed by atoms with E-state index in [1.165, 1.54) is 30.2 Å². The summed E-state index contributed by atoms with van der Waals surface area (Å²) in [5.41, 5.74) is 2.77. The van der Waals surface area contributed by atoms with Gasteiger partial charge in [0, 0.05) is 19.3 Å². The van der Waals surface area contributed by atoms with Crippen LogP contribution in [0.5, 0.6) is 0 Å². The van der Waals surface area contributed by atoms with Crippen LogP contribution < -0.4 is 5.32 Å². The minimum atomic E-state index is -2.87. The summed E-state index contributed by atoms with van der Waals surface area (Å²) in [6.45, 7) is 4.94. The molecule has 1 unspecified atom stereocenters. The molecule has 1 atom stereocenters. The van der Waals surface area contributed by atoms with E-state index in [9.17, 15) is 8.42 Å². The van der Waals surface area contributed by atoms with Gasteiger partial charge in [0.15, 0.2) is 0 Å². The number of nitrogens with one attached hydrogen (secondary N) is 1. The number of piperidine rings is 2. The molecule has 2 aliphatic rings. The summed E-state index contributed by atoms with van der Waals surface area (Å²) in [6, 6.07) is 9.03. The van der Waals surface area contributed by atoms with Crippen molar-refractivity contribution in [2.45, 2.75) is 43.4 Å². The summed E-state index contributed by atoms with van der Waals surface area (Å²) in [6.07, 6.45) is 5.45. The van der Waals surface area contributed by atoms with Gasteiger partial charge in [0.05, 0.1) is 5.25 Å². The summed E-state index contributed by atoms with van der Waals surface area (Å²) >= 11 is 0. The van der Waals surface area contributed by atoms with Gasteiger partial charge in [0.1, 0.15) is 9.84 Å². The first-order valence-corrected chi connectivity index (χ1v) is 10.7. The lowest BCUT2D eigenvalue weighted by molar-refractivity contribution is 0.222. The van der Waals surface area contributed by atoms with Crippen molar-refractivity contribution in [2.75, 3.05) is 32.4 Å². The molecule has 0 aromatic heterocycles. The van der Waals surface area contributed by atoms with Crippen LogP contribution in [0.2, 0.25) is 0 Å². The van der Waals surface area contributed by atoms with E-state index in [1.54, 1.807) is 0 Å². The molecule has 128 valence electrons. The molecule has 5 heteroatoms. The summed E-state index contributed by atoms with van der Waals surface area (Å²) in [5, 5.41) is 3.33. The molecule has 2 heterocycles. The molecule has 0 bridgehead atoms. The van der Waals surface area contributed by atoms with Gasteiger partial charge in [-0.25, -0.2) is 8.42 Å². The lowest BCUT2D eigenvalue weighted by Crippen LogP contribution is -2.38. The molecule has 23 heavy (non-hydrogen) atoms. The maximum Gasteiger partial charge on any atom is 0.150 e. The third-order valence-corrected chi connectivity index (χ3v) is 6.98. The zero-order valence-electron chi connectivity index (χ0n) is 14.0. The largest absolute Gasteiger partial charge is 0.316 e. The van der Waals surface area contributed by atoms with E-state index in [2.05, 4.69) is 34.5 Å². The van der Waals surface area contributed by atoms with Gasteiger partial charge in [0.25, 0.3) is 0 Å². The van der Waals surface area contributed by atoms with Crippen molar-refractivity contribution in [2.24, 2.45) is 0 Å². The summed E-state index contributed by atoms with van der Waals surface area (Å²) < 4.78 is 23.2. The Labute approximate surface area is 140 Å². The Morgan fingerprint density at radius 3 is 2.39 bits per heavy atom.